The molecule has 4 N–H and O–H groups in total. The monoisotopic (exact) mass is 460 g/mol. The van der Waals surface area contributed by atoms with Crippen LogP contribution < -0.4 is 5.73 Å². The van der Waals surface area contributed by atoms with Crippen LogP contribution >= 0.6 is 23.2 Å². The van der Waals surface area contributed by atoms with Gasteiger partial charge in [-0.25, -0.2) is 8.42 Å². The Labute approximate surface area is 181 Å². The third kappa shape index (κ3) is 6.31. The lowest BCUT2D eigenvalue weighted by molar-refractivity contribution is 0.116. The maximum Gasteiger partial charge on any atom is 0.243 e. The van der Waals surface area contributed by atoms with Gasteiger partial charge < -0.3 is 15.9 Å². The van der Waals surface area contributed by atoms with Crippen molar-refractivity contribution in [2.45, 2.75) is 37.3 Å². The lowest BCUT2D eigenvalue weighted by atomic mass is 10.0. The second-order valence-corrected chi connectivity index (χ2v) is 10.1. The van der Waals surface area contributed by atoms with Crippen LogP contribution in [0.3, 0.4) is 0 Å². The first-order chi connectivity index (χ1) is 13.5. The van der Waals surface area contributed by atoms with Crippen molar-refractivity contribution in [3.63, 3.8) is 0 Å². The number of hydrogen-bond donors (Lipinski definition) is 3. The Hall–Kier alpha value is -1.35. The Balaban J connectivity index is 2.26. The van der Waals surface area contributed by atoms with Crippen molar-refractivity contribution >= 4 is 33.2 Å². The molecule has 2 rings (SSSR count). The second kappa shape index (κ2) is 10.1. The quantitative estimate of drug-likeness (QED) is 0.532. The number of aromatic hydroxyl groups is 1. The van der Waals surface area contributed by atoms with Crippen LogP contribution in [0.15, 0.2) is 47.4 Å². The van der Waals surface area contributed by atoms with Gasteiger partial charge in [0.15, 0.2) is 5.75 Å². The van der Waals surface area contributed by atoms with Gasteiger partial charge in [-0.2, -0.15) is 4.31 Å². The number of phenols is 1. The molecule has 0 saturated heterocycles. The number of aliphatic hydroxyl groups excluding tert-OH is 1. The van der Waals surface area contributed by atoms with Crippen molar-refractivity contribution in [2.75, 3.05) is 13.1 Å². The Kier molecular flexibility index (Phi) is 8.34. The molecule has 0 saturated carbocycles. The molecule has 0 aliphatic rings. The first-order valence-corrected chi connectivity index (χ1v) is 11.4. The summed E-state index contributed by atoms with van der Waals surface area (Å²) in [4.78, 5) is -0.158. The summed E-state index contributed by atoms with van der Waals surface area (Å²) in [7, 11) is -4.02. The zero-order valence-electron chi connectivity index (χ0n) is 16.3. The highest BCUT2D eigenvalue weighted by molar-refractivity contribution is 7.89. The number of rotatable bonds is 9. The van der Waals surface area contributed by atoms with Crippen molar-refractivity contribution in [3.05, 3.63) is 58.1 Å². The molecule has 0 fully saturated rings. The minimum atomic E-state index is -4.02. The second-order valence-electron chi connectivity index (χ2n) is 7.37. The van der Waals surface area contributed by atoms with Gasteiger partial charge in [0.05, 0.1) is 21.0 Å². The van der Waals surface area contributed by atoms with Crippen molar-refractivity contribution in [1.29, 1.82) is 0 Å². The van der Waals surface area contributed by atoms with Crippen molar-refractivity contribution in [2.24, 2.45) is 11.7 Å². The van der Waals surface area contributed by atoms with Crippen LogP contribution in [-0.4, -0.2) is 48.2 Å². The summed E-state index contributed by atoms with van der Waals surface area (Å²) in [6.07, 6.45) is -0.666. The molecule has 9 heteroatoms. The fourth-order valence-corrected chi connectivity index (χ4v) is 5.18. The predicted molar refractivity (Wildman–Crippen MR) is 116 cm³/mol. The summed E-state index contributed by atoms with van der Waals surface area (Å²) in [5, 5.41) is 20.0. The molecule has 0 aromatic heterocycles. The van der Waals surface area contributed by atoms with Crippen molar-refractivity contribution in [1.82, 2.24) is 4.31 Å². The molecule has 2 aromatic carbocycles. The van der Waals surface area contributed by atoms with Gasteiger partial charge in [0.2, 0.25) is 10.0 Å². The fraction of sp³-hybridized carbons (Fsp3) is 0.400. The minimum absolute atomic E-state index is 0.00498. The van der Waals surface area contributed by atoms with Gasteiger partial charge in [-0.3, -0.25) is 0 Å². The number of nitrogens with zero attached hydrogens (tertiary/aromatic N) is 1. The van der Waals surface area contributed by atoms with E-state index in [1.807, 2.05) is 44.2 Å². The molecule has 2 atom stereocenters. The van der Waals surface area contributed by atoms with Gasteiger partial charge in [0.1, 0.15) is 0 Å². The molecule has 2 aromatic rings. The summed E-state index contributed by atoms with van der Waals surface area (Å²) < 4.78 is 27.5. The highest BCUT2D eigenvalue weighted by atomic mass is 35.5. The number of phenolic OH excluding ortho intramolecular Hbond substituents is 1. The predicted octanol–water partition coefficient (Wildman–Crippen LogP) is 3.28. The lowest BCUT2D eigenvalue weighted by Crippen LogP contribution is -2.47. The number of hydrogen-bond acceptors (Lipinski definition) is 5. The Morgan fingerprint density at radius 2 is 1.62 bits per heavy atom. The molecule has 2 unspecified atom stereocenters. The van der Waals surface area contributed by atoms with E-state index in [2.05, 4.69) is 0 Å². The van der Waals surface area contributed by atoms with Crippen LogP contribution in [-0.2, 0) is 16.4 Å². The van der Waals surface area contributed by atoms with Gasteiger partial charge in [0.25, 0.3) is 0 Å². The molecule has 0 bridgehead atoms. The van der Waals surface area contributed by atoms with Crippen molar-refractivity contribution in [3.8, 4) is 5.75 Å². The average molecular weight is 461 g/mol. The molecular weight excluding hydrogens is 435 g/mol. The van der Waals surface area contributed by atoms with E-state index in [0.717, 1.165) is 17.7 Å². The van der Waals surface area contributed by atoms with Gasteiger partial charge in [0, 0.05) is 19.1 Å². The van der Waals surface area contributed by atoms with Crippen LogP contribution in [0.2, 0.25) is 10.0 Å². The normalized spacial score (nSPS) is 14.3. The van der Waals surface area contributed by atoms with Crippen molar-refractivity contribution < 1.29 is 18.6 Å². The zero-order valence-corrected chi connectivity index (χ0v) is 18.6. The summed E-state index contributed by atoms with van der Waals surface area (Å²) in [6.45, 7) is 3.74. The fourth-order valence-electron chi connectivity index (χ4n) is 2.88. The molecule has 0 spiro atoms. The number of sulfonamides is 1. The molecule has 0 amide bonds. The zero-order chi connectivity index (χ0) is 21.8. The third-order valence-corrected chi connectivity index (χ3v) is 6.78. The maximum absolute atomic E-state index is 13.2. The number of nitrogens with two attached hydrogens (primary N) is 1. The van der Waals surface area contributed by atoms with E-state index in [1.54, 1.807) is 0 Å². The number of halogens is 2. The van der Waals surface area contributed by atoms with E-state index in [9.17, 15) is 18.6 Å². The first-order valence-electron chi connectivity index (χ1n) is 9.18. The van der Waals surface area contributed by atoms with E-state index < -0.39 is 22.2 Å². The number of benzene rings is 2. The standard InChI is InChI=1S/C20H26Cl2N2O4S/c1-13(2)11-24(12-19(25)18(23)8-14-6-4-3-5-7-14)29(27,28)15-9-16(21)20(26)17(22)10-15/h3-7,9-10,13,18-19,25-26H,8,11-12,23H2,1-2H3. The Morgan fingerprint density at radius 3 is 2.14 bits per heavy atom. The van der Waals surface area contributed by atoms with E-state index >= 15 is 0 Å². The molecular formula is C20H26Cl2N2O4S. The molecule has 160 valence electrons. The van der Waals surface area contributed by atoms with Gasteiger partial charge in [-0.05, 0) is 30.0 Å². The smallest absolute Gasteiger partial charge is 0.243 e. The summed E-state index contributed by atoms with van der Waals surface area (Å²) in [5.74, 6) is -0.377. The van der Waals surface area contributed by atoms with E-state index in [0.29, 0.717) is 6.42 Å². The van der Waals surface area contributed by atoms with E-state index in [1.165, 1.54) is 4.31 Å². The van der Waals surface area contributed by atoms with Gasteiger partial charge in [-0.15, -0.1) is 0 Å². The maximum atomic E-state index is 13.2. The van der Waals surface area contributed by atoms with Gasteiger partial charge >= 0.3 is 0 Å². The SMILES string of the molecule is CC(C)CN(CC(O)C(N)Cc1ccccc1)S(=O)(=O)c1cc(Cl)c(O)c(Cl)c1. The van der Waals surface area contributed by atoms with Crippen LogP contribution in [0.1, 0.15) is 19.4 Å². The third-order valence-electron chi connectivity index (χ3n) is 4.40. The summed E-state index contributed by atoms with van der Waals surface area (Å²) in [6, 6.07) is 11.1. The highest BCUT2D eigenvalue weighted by Gasteiger charge is 2.30. The van der Waals surface area contributed by atoms with Gasteiger partial charge in [-0.1, -0.05) is 67.4 Å². The number of aliphatic hydroxyl groups is 1. The van der Waals surface area contributed by atoms with Crippen LogP contribution in [0.4, 0.5) is 0 Å². The Morgan fingerprint density at radius 1 is 1.07 bits per heavy atom. The molecule has 0 radical (unpaired) electrons. The van der Waals surface area contributed by atoms with Crippen LogP contribution in [0, 0.1) is 5.92 Å². The molecule has 0 aliphatic carbocycles. The summed E-state index contributed by atoms with van der Waals surface area (Å²) in [5.41, 5.74) is 7.08. The highest BCUT2D eigenvalue weighted by Crippen LogP contribution is 2.35. The van der Waals surface area contributed by atoms with Crippen LogP contribution in [0.25, 0.3) is 0 Å². The molecule has 0 aliphatic heterocycles. The van der Waals surface area contributed by atoms with Crippen LogP contribution in [0.5, 0.6) is 5.75 Å². The first kappa shape index (κ1) is 23.9. The Bertz CT molecular complexity index is 900. The van der Waals surface area contributed by atoms with E-state index in [4.69, 9.17) is 28.9 Å². The summed E-state index contributed by atoms with van der Waals surface area (Å²) >= 11 is 11.8. The molecule has 6 nitrogen and oxygen atoms in total. The average Bonchev–Trinajstić information content (AvgIpc) is 2.65. The lowest BCUT2D eigenvalue weighted by Gasteiger charge is -2.29. The minimum Gasteiger partial charge on any atom is -0.505 e. The molecule has 0 heterocycles. The van der Waals surface area contributed by atoms with E-state index in [-0.39, 0.29) is 39.7 Å². The topological polar surface area (TPSA) is 104 Å². The largest absolute Gasteiger partial charge is 0.505 e. The molecule has 29 heavy (non-hydrogen) atoms.